The van der Waals surface area contributed by atoms with E-state index in [1.54, 1.807) is 14.2 Å². The van der Waals surface area contributed by atoms with Gasteiger partial charge in [-0.3, -0.25) is 0 Å². The Balaban J connectivity index is 1.89. The van der Waals surface area contributed by atoms with Crippen LogP contribution in [-0.2, 0) is 6.54 Å². The molecule has 2 rings (SSSR count). The maximum Gasteiger partial charge on any atom is 0.161 e. The van der Waals surface area contributed by atoms with Gasteiger partial charge >= 0.3 is 0 Å². The SMILES string of the molecule is COc1ccc(CNCC2(SC)CC2)cc1OC. The smallest absolute Gasteiger partial charge is 0.161 e. The van der Waals surface area contributed by atoms with Crippen molar-refractivity contribution in [3.05, 3.63) is 23.8 Å². The summed E-state index contributed by atoms with van der Waals surface area (Å²) in [5, 5.41) is 3.53. The van der Waals surface area contributed by atoms with Crippen LogP contribution in [0.3, 0.4) is 0 Å². The molecule has 0 aliphatic heterocycles. The first-order chi connectivity index (χ1) is 8.73. The van der Waals surface area contributed by atoms with Crippen molar-refractivity contribution in [3.63, 3.8) is 0 Å². The van der Waals surface area contributed by atoms with Gasteiger partial charge in [-0.15, -0.1) is 0 Å². The Labute approximate surface area is 113 Å². The second-order valence-electron chi connectivity index (χ2n) is 4.68. The average Bonchev–Trinajstić information content (AvgIpc) is 3.19. The van der Waals surface area contributed by atoms with Gasteiger partial charge in [0.1, 0.15) is 0 Å². The average molecular weight is 267 g/mol. The highest BCUT2D eigenvalue weighted by molar-refractivity contribution is 8.00. The molecule has 0 radical (unpaired) electrons. The molecular weight excluding hydrogens is 246 g/mol. The van der Waals surface area contributed by atoms with Crippen LogP contribution < -0.4 is 14.8 Å². The topological polar surface area (TPSA) is 30.5 Å². The van der Waals surface area contributed by atoms with Crippen LogP contribution in [0.2, 0.25) is 0 Å². The number of methoxy groups -OCH3 is 2. The predicted octanol–water partition coefficient (Wildman–Crippen LogP) is 2.69. The van der Waals surface area contributed by atoms with Crippen molar-refractivity contribution in [2.45, 2.75) is 24.1 Å². The summed E-state index contributed by atoms with van der Waals surface area (Å²) in [7, 11) is 3.33. The quantitative estimate of drug-likeness (QED) is 0.823. The van der Waals surface area contributed by atoms with Gasteiger partial charge in [0.05, 0.1) is 14.2 Å². The zero-order chi connectivity index (χ0) is 13.0. The molecule has 0 bridgehead atoms. The van der Waals surface area contributed by atoms with Crippen molar-refractivity contribution in [3.8, 4) is 11.5 Å². The van der Waals surface area contributed by atoms with Crippen LogP contribution in [0.1, 0.15) is 18.4 Å². The lowest BCUT2D eigenvalue weighted by atomic mass is 10.2. The van der Waals surface area contributed by atoms with Crippen LogP contribution in [0.25, 0.3) is 0 Å². The van der Waals surface area contributed by atoms with Crippen molar-refractivity contribution in [1.82, 2.24) is 5.32 Å². The van der Waals surface area contributed by atoms with Crippen molar-refractivity contribution in [1.29, 1.82) is 0 Å². The first-order valence-electron chi connectivity index (χ1n) is 6.20. The molecule has 1 fully saturated rings. The molecular formula is C14H21NO2S. The van der Waals surface area contributed by atoms with Gasteiger partial charge in [0.25, 0.3) is 0 Å². The summed E-state index contributed by atoms with van der Waals surface area (Å²) in [6.45, 7) is 1.96. The zero-order valence-corrected chi connectivity index (χ0v) is 12.1. The molecule has 18 heavy (non-hydrogen) atoms. The molecule has 1 aliphatic carbocycles. The van der Waals surface area contributed by atoms with Crippen LogP contribution in [0, 0.1) is 0 Å². The molecule has 0 saturated heterocycles. The molecule has 4 heteroatoms. The third-order valence-corrected chi connectivity index (χ3v) is 4.88. The predicted molar refractivity (Wildman–Crippen MR) is 76.7 cm³/mol. The van der Waals surface area contributed by atoms with Crippen LogP contribution in [0.4, 0.5) is 0 Å². The number of rotatable bonds is 7. The standard InChI is InChI=1S/C14H21NO2S/c1-16-12-5-4-11(8-13(12)17-2)9-15-10-14(18-3)6-7-14/h4-5,8,15H,6-7,9-10H2,1-3H3. The van der Waals surface area contributed by atoms with Gasteiger partial charge in [0.2, 0.25) is 0 Å². The van der Waals surface area contributed by atoms with Gasteiger partial charge < -0.3 is 14.8 Å². The third-order valence-electron chi connectivity index (χ3n) is 3.46. The number of nitrogens with one attached hydrogen (secondary N) is 1. The summed E-state index contributed by atoms with van der Waals surface area (Å²) < 4.78 is 11.0. The highest BCUT2D eigenvalue weighted by Crippen LogP contribution is 2.46. The van der Waals surface area contributed by atoms with E-state index in [0.29, 0.717) is 4.75 Å². The van der Waals surface area contributed by atoms with E-state index in [0.717, 1.165) is 24.6 Å². The van der Waals surface area contributed by atoms with E-state index in [1.807, 2.05) is 23.9 Å². The fraction of sp³-hybridized carbons (Fsp3) is 0.571. The van der Waals surface area contributed by atoms with Gasteiger partial charge in [0.15, 0.2) is 11.5 Å². The lowest BCUT2D eigenvalue weighted by Crippen LogP contribution is -2.25. The molecule has 0 heterocycles. The van der Waals surface area contributed by atoms with E-state index in [-0.39, 0.29) is 0 Å². The highest BCUT2D eigenvalue weighted by atomic mass is 32.2. The number of benzene rings is 1. The van der Waals surface area contributed by atoms with E-state index in [2.05, 4.69) is 17.6 Å². The fourth-order valence-electron chi connectivity index (χ4n) is 2.02. The Bertz CT molecular complexity index is 405. The number of thioether (sulfide) groups is 1. The van der Waals surface area contributed by atoms with Crippen molar-refractivity contribution >= 4 is 11.8 Å². The molecule has 0 aromatic heterocycles. The van der Waals surface area contributed by atoms with Crippen LogP contribution in [-0.4, -0.2) is 31.8 Å². The Morgan fingerprint density at radius 2 is 1.94 bits per heavy atom. The monoisotopic (exact) mass is 267 g/mol. The fourth-order valence-corrected chi connectivity index (χ4v) is 2.77. The molecule has 0 atom stereocenters. The maximum absolute atomic E-state index is 5.30. The van der Waals surface area contributed by atoms with E-state index in [1.165, 1.54) is 18.4 Å². The Morgan fingerprint density at radius 1 is 1.22 bits per heavy atom. The molecule has 0 unspecified atom stereocenters. The van der Waals surface area contributed by atoms with Gasteiger partial charge in [0, 0.05) is 17.8 Å². The maximum atomic E-state index is 5.30. The normalized spacial score (nSPS) is 16.4. The summed E-state index contributed by atoms with van der Waals surface area (Å²) in [6.07, 6.45) is 4.88. The summed E-state index contributed by atoms with van der Waals surface area (Å²) in [6, 6.07) is 6.06. The molecule has 1 aromatic carbocycles. The molecule has 1 aromatic rings. The minimum atomic E-state index is 0.510. The summed E-state index contributed by atoms with van der Waals surface area (Å²) in [5.41, 5.74) is 1.23. The number of hydrogen-bond donors (Lipinski definition) is 1. The second kappa shape index (κ2) is 5.85. The third kappa shape index (κ3) is 3.12. The lowest BCUT2D eigenvalue weighted by molar-refractivity contribution is 0.354. The highest BCUT2D eigenvalue weighted by Gasteiger charge is 2.41. The van der Waals surface area contributed by atoms with Crippen molar-refractivity contribution in [2.75, 3.05) is 27.0 Å². The Morgan fingerprint density at radius 3 is 2.50 bits per heavy atom. The summed E-state index contributed by atoms with van der Waals surface area (Å²) in [4.78, 5) is 0. The Kier molecular flexibility index (Phi) is 4.40. The van der Waals surface area contributed by atoms with Gasteiger partial charge in [-0.1, -0.05) is 6.07 Å². The van der Waals surface area contributed by atoms with E-state index in [4.69, 9.17) is 9.47 Å². The van der Waals surface area contributed by atoms with Crippen molar-refractivity contribution < 1.29 is 9.47 Å². The summed E-state index contributed by atoms with van der Waals surface area (Å²) in [5.74, 6) is 1.58. The molecule has 0 spiro atoms. The molecule has 1 N–H and O–H groups in total. The molecule has 1 aliphatic rings. The summed E-state index contributed by atoms with van der Waals surface area (Å²) >= 11 is 1.98. The van der Waals surface area contributed by atoms with E-state index in [9.17, 15) is 0 Å². The van der Waals surface area contributed by atoms with E-state index < -0.39 is 0 Å². The van der Waals surface area contributed by atoms with Crippen LogP contribution in [0.15, 0.2) is 18.2 Å². The number of hydrogen-bond acceptors (Lipinski definition) is 4. The number of ether oxygens (including phenoxy) is 2. The van der Waals surface area contributed by atoms with Gasteiger partial charge in [-0.2, -0.15) is 11.8 Å². The Hall–Kier alpha value is -0.870. The molecule has 0 amide bonds. The minimum Gasteiger partial charge on any atom is -0.493 e. The molecule has 1 saturated carbocycles. The van der Waals surface area contributed by atoms with E-state index >= 15 is 0 Å². The van der Waals surface area contributed by atoms with Crippen LogP contribution in [0.5, 0.6) is 11.5 Å². The van der Waals surface area contributed by atoms with Crippen LogP contribution >= 0.6 is 11.8 Å². The molecule has 100 valence electrons. The molecule has 3 nitrogen and oxygen atoms in total. The van der Waals surface area contributed by atoms with Crippen molar-refractivity contribution in [2.24, 2.45) is 0 Å². The lowest BCUT2D eigenvalue weighted by Gasteiger charge is -2.14. The first-order valence-corrected chi connectivity index (χ1v) is 7.42. The largest absolute Gasteiger partial charge is 0.493 e. The van der Waals surface area contributed by atoms with Gasteiger partial charge in [-0.05, 0) is 36.8 Å². The minimum absolute atomic E-state index is 0.510. The first kappa shape index (κ1) is 13.6. The van der Waals surface area contributed by atoms with Gasteiger partial charge in [-0.25, -0.2) is 0 Å². The zero-order valence-electron chi connectivity index (χ0n) is 11.3. The second-order valence-corrected chi connectivity index (χ2v) is 5.95.